The van der Waals surface area contributed by atoms with Gasteiger partial charge in [0.15, 0.2) is 0 Å². The van der Waals surface area contributed by atoms with Crippen LogP contribution < -0.4 is 4.74 Å². The summed E-state index contributed by atoms with van der Waals surface area (Å²) in [6.45, 7) is 1.38. The van der Waals surface area contributed by atoms with Gasteiger partial charge in [0.1, 0.15) is 17.5 Å². The Labute approximate surface area is 157 Å². The number of nitrogens with zero attached hydrogens (tertiary/aromatic N) is 3. The second-order valence-corrected chi connectivity index (χ2v) is 7.03. The van der Waals surface area contributed by atoms with Crippen LogP contribution in [0.4, 0.5) is 0 Å². The van der Waals surface area contributed by atoms with Gasteiger partial charge in [0.25, 0.3) is 5.91 Å². The van der Waals surface area contributed by atoms with Gasteiger partial charge >= 0.3 is 0 Å². The quantitative estimate of drug-likeness (QED) is 0.703. The fraction of sp³-hybridized carbons (Fsp3) is 0.300. The maximum Gasteiger partial charge on any atom is 0.256 e. The molecular weight excluding hydrogens is 350 g/mol. The molecule has 0 radical (unpaired) electrons. The van der Waals surface area contributed by atoms with E-state index in [1.54, 1.807) is 6.20 Å². The molecule has 3 aromatic rings. The highest BCUT2D eigenvalue weighted by atomic mass is 35.5. The number of likely N-dealkylation sites (tertiary alicyclic amines) is 1. The summed E-state index contributed by atoms with van der Waals surface area (Å²) in [7, 11) is 1.91. The highest BCUT2D eigenvalue weighted by Crippen LogP contribution is 2.24. The number of aromatic nitrogens is 2. The van der Waals surface area contributed by atoms with Gasteiger partial charge in [-0.1, -0.05) is 11.6 Å². The molecule has 2 aromatic heterocycles. The van der Waals surface area contributed by atoms with Crippen LogP contribution in [-0.2, 0) is 7.05 Å². The molecule has 0 spiro atoms. The van der Waals surface area contributed by atoms with Crippen molar-refractivity contribution in [3.8, 4) is 5.75 Å². The molecule has 1 amide bonds. The minimum absolute atomic E-state index is 0.0635. The van der Waals surface area contributed by atoms with Crippen molar-refractivity contribution in [2.45, 2.75) is 18.9 Å². The maximum absolute atomic E-state index is 13.0. The Kier molecular flexibility index (Phi) is 4.55. The van der Waals surface area contributed by atoms with Crippen LogP contribution in [0, 0.1) is 0 Å². The molecule has 0 N–H and O–H groups in total. The summed E-state index contributed by atoms with van der Waals surface area (Å²) in [6, 6.07) is 11.2. The SMILES string of the molecule is Cn1cc(C(=O)N2CCC(Oc3ccc(Cl)cc3)CC2)c2cccnc21. The van der Waals surface area contributed by atoms with Crippen LogP contribution in [-0.4, -0.2) is 39.6 Å². The Bertz CT molecular complexity index is 928. The zero-order chi connectivity index (χ0) is 18.1. The zero-order valence-electron chi connectivity index (χ0n) is 14.6. The van der Waals surface area contributed by atoms with E-state index in [-0.39, 0.29) is 12.0 Å². The van der Waals surface area contributed by atoms with Gasteiger partial charge in [0, 0.05) is 55.8 Å². The fourth-order valence-corrected chi connectivity index (χ4v) is 3.56. The Morgan fingerprint density at radius 1 is 1.19 bits per heavy atom. The van der Waals surface area contributed by atoms with E-state index in [4.69, 9.17) is 16.3 Å². The summed E-state index contributed by atoms with van der Waals surface area (Å²) >= 11 is 5.90. The van der Waals surface area contributed by atoms with Gasteiger partial charge < -0.3 is 14.2 Å². The van der Waals surface area contributed by atoms with Crippen LogP contribution in [0.3, 0.4) is 0 Å². The lowest BCUT2D eigenvalue weighted by atomic mass is 10.1. The second-order valence-electron chi connectivity index (χ2n) is 6.59. The first-order valence-electron chi connectivity index (χ1n) is 8.73. The van der Waals surface area contributed by atoms with Crippen LogP contribution in [0.1, 0.15) is 23.2 Å². The average Bonchev–Trinajstić information content (AvgIpc) is 3.01. The third kappa shape index (κ3) is 3.27. The summed E-state index contributed by atoms with van der Waals surface area (Å²) < 4.78 is 7.91. The standard InChI is InChI=1S/C20H20ClN3O2/c1-23-13-18(17-3-2-10-22-19(17)23)20(25)24-11-8-16(9-12-24)26-15-6-4-14(21)5-7-15/h2-7,10,13,16H,8-9,11-12H2,1H3. The van der Waals surface area contributed by atoms with Crippen LogP contribution in [0.2, 0.25) is 5.02 Å². The molecule has 1 aromatic carbocycles. The van der Waals surface area contributed by atoms with E-state index in [2.05, 4.69) is 4.98 Å². The predicted octanol–water partition coefficient (Wildman–Crippen LogP) is 3.91. The van der Waals surface area contributed by atoms with Crippen molar-refractivity contribution < 1.29 is 9.53 Å². The molecule has 3 heterocycles. The van der Waals surface area contributed by atoms with Crippen LogP contribution >= 0.6 is 11.6 Å². The summed E-state index contributed by atoms with van der Waals surface area (Å²) in [5.41, 5.74) is 1.55. The number of amides is 1. The molecule has 0 aliphatic carbocycles. The van der Waals surface area contributed by atoms with Gasteiger partial charge in [-0.2, -0.15) is 0 Å². The smallest absolute Gasteiger partial charge is 0.256 e. The van der Waals surface area contributed by atoms with Gasteiger partial charge in [-0.15, -0.1) is 0 Å². The van der Waals surface area contributed by atoms with Crippen molar-refractivity contribution in [3.63, 3.8) is 0 Å². The highest BCUT2D eigenvalue weighted by Gasteiger charge is 2.26. The van der Waals surface area contributed by atoms with Crippen LogP contribution in [0.5, 0.6) is 5.75 Å². The van der Waals surface area contributed by atoms with E-state index in [0.29, 0.717) is 23.7 Å². The fourth-order valence-electron chi connectivity index (χ4n) is 3.44. The van der Waals surface area contributed by atoms with Crippen LogP contribution in [0.15, 0.2) is 48.8 Å². The van der Waals surface area contributed by atoms with Crippen molar-refractivity contribution in [2.24, 2.45) is 7.05 Å². The molecule has 0 bridgehead atoms. The van der Waals surface area contributed by atoms with Crippen molar-refractivity contribution >= 4 is 28.5 Å². The molecule has 1 saturated heterocycles. The van der Waals surface area contributed by atoms with E-state index in [9.17, 15) is 4.79 Å². The molecule has 4 rings (SSSR count). The molecule has 26 heavy (non-hydrogen) atoms. The third-order valence-electron chi connectivity index (χ3n) is 4.81. The van der Waals surface area contributed by atoms with Crippen molar-refractivity contribution in [1.29, 1.82) is 0 Å². The maximum atomic E-state index is 13.0. The molecule has 0 saturated carbocycles. The summed E-state index contributed by atoms with van der Waals surface area (Å²) in [4.78, 5) is 19.2. The molecule has 1 aliphatic heterocycles. The number of benzene rings is 1. The number of pyridine rings is 1. The summed E-state index contributed by atoms with van der Waals surface area (Å²) in [5, 5.41) is 1.60. The predicted molar refractivity (Wildman–Crippen MR) is 102 cm³/mol. The molecule has 5 nitrogen and oxygen atoms in total. The lowest BCUT2D eigenvalue weighted by Crippen LogP contribution is -2.41. The largest absolute Gasteiger partial charge is 0.490 e. The first kappa shape index (κ1) is 16.9. The Hall–Kier alpha value is -2.53. The molecule has 0 atom stereocenters. The zero-order valence-corrected chi connectivity index (χ0v) is 15.3. The number of hydrogen-bond donors (Lipinski definition) is 0. The first-order valence-corrected chi connectivity index (χ1v) is 9.11. The molecule has 134 valence electrons. The lowest BCUT2D eigenvalue weighted by Gasteiger charge is -2.32. The van der Waals surface area contributed by atoms with E-state index in [1.165, 1.54) is 0 Å². The van der Waals surface area contributed by atoms with Gasteiger partial charge in [0.2, 0.25) is 0 Å². The number of piperidine rings is 1. The summed E-state index contributed by atoms with van der Waals surface area (Å²) in [6.07, 6.45) is 5.37. The topological polar surface area (TPSA) is 47.4 Å². The van der Waals surface area contributed by atoms with Crippen molar-refractivity contribution in [2.75, 3.05) is 13.1 Å². The van der Waals surface area contributed by atoms with Crippen LogP contribution in [0.25, 0.3) is 11.0 Å². The average molecular weight is 370 g/mol. The van der Waals surface area contributed by atoms with Gasteiger partial charge in [-0.3, -0.25) is 4.79 Å². The summed E-state index contributed by atoms with van der Waals surface area (Å²) in [5.74, 6) is 0.882. The second kappa shape index (κ2) is 7.00. The minimum Gasteiger partial charge on any atom is -0.490 e. The van der Waals surface area contributed by atoms with E-state index in [0.717, 1.165) is 29.6 Å². The molecule has 1 aliphatic rings. The van der Waals surface area contributed by atoms with Gasteiger partial charge in [0.05, 0.1) is 5.56 Å². The van der Waals surface area contributed by atoms with Gasteiger partial charge in [-0.05, 0) is 36.4 Å². The number of halogens is 1. The molecule has 6 heteroatoms. The normalized spacial score (nSPS) is 15.4. The van der Waals surface area contributed by atoms with Crippen molar-refractivity contribution in [1.82, 2.24) is 14.5 Å². The Balaban J connectivity index is 1.42. The number of rotatable bonds is 3. The van der Waals surface area contributed by atoms with E-state index < -0.39 is 0 Å². The number of hydrogen-bond acceptors (Lipinski definition) is 3. The molecule has 1 fully saturated rings. The number of carbonyl (C=O) groups excluding carboxylic acids is 1. The Morgan fingerprint density at radius 2 is 1.92 bits per heavy atom. The number of fused-ring (bicyclic) bond motifs is 1. The molecular formula is C20H20ClN3O2. The lowest BCUT2D eigenvalue weighted by molar-refractivity contribution is 0.0597. The number of ether oxygens (including phenoxy) is 1. The van der Waals surface area contributed by atoms with Crippen molar-refractivity contribution in [3.05, 3.63) is 59.4 Å². The minimum atomic E-state index is 0.0635. The number of aryl methyl sites for hydroxylation is 1. The van der Waals surface area contributed by atoms with E-state index in [1.807, 2.05) is 59.1 Å². The third-order valence-corrected chi connectivity index (χ3v) is 5.06. The number of carbonyl (C=O) groups is 1. The van der Waals surface area contributed by atoms with Gasteiger partial charge in [-0.25, -0.2) is 4.98 Å². The molecule has 0 unspecified atom stereocenters. The monoisotopic (exact) mass is 369 g/mol. The van der Waals surface area contributed by atoms with E-state index >= 15 is 0 Å². The first-order chi connectivity index (χ1) is 12.6. The Morgan fingerprint density at radius 3 is 2.65 bits per heavy atom. The highest BCUT2D eigenvalue weighted by molar-refractivity contribution is 6.30.